The molecule has 0 N–H and O–H groups in total. The predicted octanol–water partition coefficient (Wildman–Crippen LogP) is 0.384. The first kappa shape index (κ1) is 17.0. The van der Waals surface area contributed by atoms with Crippen molar-refractivity contribution in [2.45, 2.75) is 0 Å². The normalized spacial score (nSPS) is 18.0. The van der Waals surface area contributed by atoms with Crippen molar-refractivity contribution in [3.05, 3.63) is 29.9 Å². The van der Waals surface area contributed by atoms with Crippen molar-refractivity contribution in [3.63, 3.8) is 0 Å². The van der Waals surface area contributed by atoms with Gasteiger partial charge < -0.3 is 23.5 Å². The second-order valence-corrected chi connectivity index (χ2v) is 6.14. The van der Waals surface area contributed by atoms with Crippen molar-refractivity contribution in [1.82, 2.24) is 14.5 Å². The molecule has 2 aliphatic rings. The molecule has 8 nitrogen and oxygen atoms in total. The summed E-state index contributed by atoms with van der Waals surface area (Å²) in [4.78, 5) is 11.5. The van der Waals surface area contributed by atoms with Crippen molar-refractivity contribution in [2.75, 3.05) is 64.6 Å². The smallest absolute Gasteiger partial charge is 0.497 e. The number of morpholine rings is 2. The minimum Gasteiger partial charge on any atom is -0.497 e. The maximum absolute atomic E-state index is 6.06. The lowest BCUT2D eigenvalue weighted by atomic mass is 10.2. The summed E-state index contributed by atoms with van der Waals surface area (Å²) in [6.45, 7) is 5.76. The van der Waals surface area contributed by atoms with Crippen molar-refractivity contribution in [2.24, 2.45) is 0 Å². The molecule has 0 radical (unpaired) electrons. The van der Waals surface area contributed by atoms with Crippen LogP contribution in [0.15, 0.2) is 28.7 Å². The molecule has 8 heteroatoms. The lowest BCUT2D eigenvalue weighted by Crippen LogP contribution is -2.43. The Labute approximate surface area is 151 Å². The Hall–Kier alpha value is -2.45. The molecule has 26 heavy (non-hydrogen) atoms. The maximum Gasteiger partial charge on any atom is 0.504 e. The molecule has 2 fully saturated rings. The molecule has 0 spiro atoms. The van der Waals surface area contributed by atoms with Crippen LogP contribution in [0.2, 0.25) is 0 Å². The van der Waals surface area contributed by atoms with Gasteiger partial charge >= 0.3 is 11.6 Å². The topological polar surface area (TPSA) is 72.9 Å². The van der Waals surface area contributed by atoms with E-state index < -0.39 is 0 Å². The number of nitrogens with zero attached hydrogens (tertiary/aromatic N) is 4. The van der Waals surface area contributed by atoms with Crippen LogP contribution in [-0.4, -0.2) is 69.7 Å². The molecule has 0 bridgehead atoms. The molecule has 0 atom stereocenters. The van der Waals surface area contributed by atoms with Crippen molar-refractivity contribution < 1.29 is 18.6 Å². The second-order valence-electron chi connectivity index (χ2n) is 6.14. The number of hydrogen-bond donors (Lipinski definition) is 0. The van der Waals surface area contributed by atoms with E-state index in [1.165, 1.54) is 0 Å². The van der Waals surface area contributed by atoms with Crippen LogP contribution >= 0.6 is 0 Å². The number of benzene rings is 1. The number of rotatable bonds is 3. The molecule has 4 rings (SSSR count). The van der Waals surface area contributed by atoms with Gasteiger partial charge in [-0.25, -0.2) is 4.58 Å². The van der Waals surface area contributed by atoms with Crippen molar-refractivity contribution >= 4 is 5.95 Å². The number of aromatic nitrogens is 2. The third-order valence-corrected chi connectivity index (χ3v) is 4.50. The van der Waals surface area contributed by atoms with Gasteiger partial charge in [0.1, 0.15) is 18.8 Å². The number of hydrogen-bond acceptors (Lipinski definition) is 7. The van der Waals surface area contributed by atoms with E-state index in [4.69, 9.17) is 18.6 Å². The highest BCUT2D eigenvalue weighted by atomic mass is 16.5. The van der Waals surface area contributed by atoms with Crippen LogP contribution in [0.5, 0.6) is 5.75 Å². The maximum atomic E-state index is 6.06. The van der Waals surface area contributed by atoms with Gasteiger partial charge in [0.05, 0.1) is 33.5 Å². The van der Waals surface area contributed by atoms with Gasteiger partial charge in [-0.05, 0) is 24.3 Å². The lowest BCUT2D eigenvalue weighted by molar-refractivity contribution is 0.0908. The highest BCUT2D eigenvalue weighted by Crippen LogP contribution is 2.21. The Bertz CT molecular complexity index is 805. The highest BCUT2D eigenvalue weighted by molar-refractivity contribution is 5.55. The first-order valence-electron chi connectivity index (χ1n) is 8.85. The summed E-state index contributed by atoms with van der Waals surface area (Å²) < 4.78 is 24.3. The zero-order valence-corrected chi connectivity index (χ0v) is 14.9. The summed E-state index contributed by atoms with van der Waals surface area (Å²) in [5.74, 6) is 2.02. The SMILES string of the molecule is COc1ccc(-c2nc(N3CCOCC3)nc(=[N+]3CCOCC3)o2)cc1. The fourth-order valence-corrected chi connectivity index (χ4v) is 2.99. The highest BCUT2D eigenvalue weighted by Gasteiger charge is 2.23. The molecule has 0 aliphatic carbocycles. The zero-order valence-electron chi connectivity index (χ0n) is 14.9. The summed E-state index contributed by atoms with van der Waals surface area (Å²) in [7, 11) is 1.65. The first-order chi connectivity index (χ1) is 12.8. The molecular weight excluding hydrogens is 336 g/mol. The molecule has 0 saturated carbocycles. The molecule has 2 saturated heterocycles. The van der Waals surface area contributed by atoms with Crippen LogP contribution in [-0.2, 0) is 9.47 Å². The van der Waals surface area contributed by atoms with E-state index in [1.807, 2.05) is 24.3 Å². The quantitative estimate of drug-likeness (QED) is 0.734. The van der Waals surface area contributed by atoms with E-state index in [1.54, 1.807) is 7.11 Å². The van der Waals surface area contributed by atoms with Gasteiger partial charge in [-0.2, -0.15) is 4.98 Å². The van der Waals surface area contributed by atoms with Gasteiger partial charge in [0, 0.05) is 23.6 Å². The van der Waals surface area contributed by atoms with Gasteiger partial charge in [-0.3, -0.25) is 0 Å². The summed E-state index contributed by atoms with van der Waals surface area (Å²) in [6.07, 6.45) is 0. The third-order valence-electron chi connectivity index (χ3n) is 4.50. The summed E-state index contributed by atoms with van der Waals surface area (Å²) in [5, 5.41) is 0. The molecule has 1 aromatic heterocycles. The Morgan fingerprint density at radius 3 is 2.35 bits per heavy atom. The molecule has 2 aromatic rings. The molecule has 0 unspecified atom stereocenters. The molecule has 0 amide bonds. The fraction of sp³-hybridized carbons (Fsp3) is 0.500. The molecule has 138 valence electrons. The fourth-order valence-electron chi connectivity index (χ4n) is 2.99. The van der Waals surface area contributed by atoms with Crippen LogP contribution in [0.25, 0.3) is 11.5 Å². The van der Waals surface area contributed by atoms with E-state index in [9.17, 15) is 0 Å². The predicted molar refractivity (Wildman–Crippen MR) is 95.1 cm³/mol. The first-order valence-corrected chi connectivity index (χ1v) is 8.85. The summed E-state index contributed by atoms with van der Waals surface area (Å²) in [6, 6.07) is 7.68. The lowest BCUT2D eigenvalue weighted by Gasteiger charge is -2.24. The Balaban J connectivity index is 1.78. The monoisotopic (exact) mass is 359 g/mol. The largest absolute Gasteiger partial charge is 0.504 e. The van der Waals surface area contributed by atoms with Crippen LogP contribution in [0.4, 0.5) is 5.95 Å². The average molecular weight is 359 g/mol. The van der Waals surface area contributed by atoms with Crippen LogP contribution in [0.1, 0.15) is 0 Å². The van der Waals surface area contributed by atoms with E-state index in [2.05, 4.69) is 19.4 Å². The van der Waals surface area contributed by atoms with Crippen molar-refractivity contribution in [3.8, 4) is 17.2 Å². The van der Waals surface area contributed by atoms with Crippen molar-refractivity contribution in [1.29, 1.82) is 0 Å². The number of methoxy groups -OCH3 is 1. The zero-order chi connectivity index (χ0) is 17.8. The Morgan fingerprint density at radius 2 is 1.65 bits per heavy atom. The number of anilines is 1. The van der Waals surface area contributed by atoms with Gasteiger partial charge in [0.2, 0.25) is 5.89 Å². The van der Waals surface area contributed by atoms with Crippen LogP contribution < -0.4 is 19.9 Å². The van der Waals surface area contributed by atoms with Gasteiger partial charge in [0.15, 0.2) is 0 Å². The van der Waals surface area contributed by atoms with E-state index in [-0.39, 0.29) is 0 Å². The minimum atomic E-state index is 0.547. The third kappa shape index (κ3) is 3.71. The molecule has 2 aliphatic heterocycles. The minimum absolute atomic E-state index is 0.547. The summed E-state index contributed by atoms with van der Waals surface area (Å²) >= 11 is 0. The van der Waals surface area contributed by atoms with Crippen LogP contribution in [0, 0.1) is 0 Å². The standard InChI is InChI=1S/C18H23N4O4/c1-23-15-4-2-14(3-5-15)16-19-17(21-6-10-24-11-7-21)20-18(26-16)22-8-12-25-13-9-22/h2-5H,6-13H2,1H3/q+1. The summed E-state index contributed by atoms with van der Waals surface area (Å²) in [5.41, 5.74) is 1.47. The van der Waals surface area contributed by atoms with E-state index >= 15 is 0 Å². The average Bonchev–Trinajstić information content (AvgIpc) is 2.75. The number of ether oxygens (including phenoxy) is 3. The molecule has 1 aromatic carbocycles. The van der Waals surface area contributed by atoms with Gasteiger partial charge in [-0.15, -0.1) is 0 Å². The molecule has 3 heterocycles. The van der Waals surface area contributed by atoms with E-state index in [0.717, 1.165) is 37.5 Å². The van der Waals surface area contributed by atoms with E-state index in [0.29, 0.717) is 44.0 Å². The molecular formula is C18H23N4O4+. The Kier molecular flexibility index (Phi) is 5.12. The van der Waals surface area contributed by atoms with Crippen LogP contribution in [0.3, 0.4) is 0 Å². The second kappa shape index (κ2) is 7.84. The van der Waals surface area contributed by atoms with Gasteiger partial charge in [0.25, 0.3) is 0 Å². The Morgan fingerprint density at radius 1 is 0.962 bits per heavy atom. The van der Waals surface area contributed by atoms with Gasteiger partial charge in [-0.1, -0.05) is 0 Å².